The Morgan fingerprint density at radius 3 is 2.32 bits per heavy atom. The molecule has 1 heterocycles. The van der Waals surface area contributed by atoms with Gasteiger partial charge in [0.05, 0.1) is 11.5 Å². The zero-order chi connectivity index (χ0) is 20.6. The van der Waals surface area contributed by atoms with E-state index < -0.39 is 47.3 Å². The fourth-order valence-electron chi connectivity index (χ4n) is 3.36. The minimum absolute atomic E-state index is 0.0353. The summed E-state index contributed by atoms with van der Waals surface area (Å²) in [5.41, 5.74) is 0.830. The number of fused-ring (bicyclic) bond motifs is 1. The molecule has 0 aliphatic carbocycles. The first-order valence-electron chi connectivity index (χ1n) is 8.69. The van der Waals surface area contributed by atoms with Crippen molar-refractivity contribution < 1.29 is 33.6 Å². The fourth-order valence-corrected chi connectivity index (χ4v) is 4.82. The van der Waals surface area contributed by atoms with Crippen LogP contribution in [-0.4, -0.2) is 80.2 Å². The molecule has 0 spiro atoms. The molecule has 1 unspecified atom stereocenters. The van der Waals surface area contributed by atoms with Gasteiger partial charge in [0, 0.05) is 30.6 Å². The average molecular weight is 412 g/mol. The molecule has 28 heavy (non-hydrogen) atoms. The van der Waals surface area contributed by atoms with Gasteiger partial charge in [-0.3, -0.25) is 0 Å². The van der Waals surface area contributed by atoms with Crippen molar-refractivity contribution >= 4 is 26.5 Å². The van der Waals surface area contributed by atoms with Crippen molar-refractivity contribution in [3.05, 3.63) is 36.4 Å². The van der Waals surface area contributed by atoms with E-state index in [2.05, 4.69) is 4.72 Å². The molecule has 2 aromatic rings. The number of ether oxygens (including phenoxy) is 1. The van der Waals surface area contributed by atoms with E-state index in [9.17, 15) is 23.7 Å². The van der Waals surface area contributed by atoms with Gasteiger partial charge >= 0.3 is 0 Å². The van der Waals surface area contributed by atoms with Crippen molar-refractivity contribution in [1.29, 1.82) is 0 Å². The van der Waals surface area contributed by atoms with Crippen LogP contribution < -0.4 is 9.62 Å². The van der Waals surface area contributed by atoms with E-state index in [1.54, 1.807) is 24.3 Å². The van der Waals surface area contributed by atoms with Crippen LogP contribution >= 0.6 is 0 Å². The summed E-state index contributed by atoms with van der Waals surface area (Å²) < 4.78 is 33.3. The molecule has 0 aromatic heterocycles. The number of nitrogens with zero attached hydrogens (tertiary/aromatic N) is 1. The number of anilines is 1. The highest BCUT2D eigenvalue weighted by Crippen LogP contribution is 2.31. The highest BCUT2D eigenvalue weighted by molar-refractivity contribution is 7.89. The summed E-state index contributed by atoms with van der Waals surface area (Å²) in [6.45, 7) is -0.634. The van der Waals surface area contributed by atoms with Gasteiger partial charge in [-0.2, -0.15) is 0 Å². The van der Waals surface area contributed by atoms with E-state index >= 15 is 0 Å². The lowest BCUT2D eigenvalue weighted by Crippen LogP contribution is -2.64. The molecular formula is C18H24N2O7S. The molecule has 2 aromatic carbocycles. The van der Waals surface area contributed by atoms with Gasteiger partial charge in [-0.1, -0.05) is 24.3 Å². The van der Waals surface area contributed by atoms with E-state index in [-0.39, 0.29) is 4.90 Å². The van der Waals surface area contributed by atoms with Gasteiger partial charge in [0.2, 0.25) is 10.0 Å². The number of benzene rings is 2. The lowest BCUT2D eigenvalue weighted by atomic mass is 9.98. The third-order valence-electron chi connectivity index (χ3n) is 4.82. The third-order valence-corrected chi connectivity index (χ3v) is 6.34. The lowest BCUT2D eigenvalue weighted by molar-refractivity contribution is -0.251. The first kappa shape index (κ1) is 20.9. The van der Waals surface area contributed by atoms with Crippen molar-refractivity contribution in [3.63, 3.8) is 0 Å². The van der Waals surface area contributed by atoms with Crippen LogP contribution in [0.5, 0.6) is 0 Å². The Morgan fingerprint density at radius 2 is 1.68 bits per heavy atom. The van der Waals surface area contributed by atoms with Gasteiger partial charge in [0.1, 0.15) is 24.4 Å². The minimum atomic E-state index is -4.18. The third kappa shape index (κ3) is 3.72. The Labute approximate surface area is 162 Å². The van der Waals surface area contributed by atoms with Crippen molar-refractivity contribution in [2.45, 2.75) is 35.5 Å². The largest absolute Gasteiger partial charge is 0.394 e. The highest BCUT2D eigenvalue weighted by Gasteiger charge is 2.45. The Bertz CT molecular complexity index is 950. The summed E-state index contributed by atoms with van der Waals surface area (Å²) in [4.78, 5) is 1.83. The lowest BCUT2D eigenvalue weighted by Gasteiger charge is -2.40. The van der Waals surface area contributed by atoms with Crippen molar-refractivity contribution in [3.8, 4) is 0 Å². The zero-order valence-corrected chi connectivity index (χ0v) is 16.2. The normalized spacial score (nSPS) is 28.4. The fraction of sp³-hybridized carbons (Fsp3) is 0.444. The number of hydrogen-bond acceptors (Lipinski definition) is 8. The van der Waals surface area contributed by atoms with Crippen LogP contribution in [0, 0.1) is 0 Å². The zero-order valence-electron chi connectivity index (χ0n) is 15.4. The maximum atomic E-state index is 13.0. The Balaban J connectivity index is 1.99. The van der Waals surface area contributed by atoms with Gasteiger partial charge in [-0.25, -0.2) is 13.1 Å². The Kier molecular flexibility index (Phi) is 5.92. The number of sulfonamides is 1. The van der Waals surface area contributed by atoms with Crippen LogP contribution in [0.2, 0.25) is 0 Å². The second-order valence-electron chi connectivity index (χ2n) is 6.90. The predicted molar refractivity (Wildman–Crippen MR) is 102 cm³/mol. The number of aliphatic hydroxyl groups is 4. The standard InChI is InChI=1S/C18H24N2O7S/c1-20(2)12-7-3-6-11-10(12)5-4-8-14(11)28(25,26)19-15-17(23)16(22)13(9-21)27-18(15)24/h3-8,13,15-19,21-24H,9H2,1-2H3/t13-,15-,16-,17-,18?/m1/s1. The van der Waals surface area contributed by atoms with Gasteiger partial charge < -0.3 is 30.1 Å². The van der Waals surface area contributed by atoms with E-state index in [1.165, 1.54) is 6.07 Å². The maximum Gasteiger partial charge on any atom is 0.241 e. The molecule has 5 N–H and O–H groups in total. The van der Waals surface area contributed by atoms with E-state index in [1.807, 2.05) is 25.1 Å². The molecular weight excluding hydrogens is 388 g/mol. The molecule has 0 amide bonds. The Hall–Kier alpha value is -1.79. The van der Waals surface area contributed by atoms with Crippen LogP contribution in [0.4, 0.5) is 5.69 Å². The van der Waals surface area contributed by atoms with E-state index in [0.717, 1.165) is 11.1 Å². The van der Waals surface area contributed by atoms with Crippen LogP contribution in [0.15, 0.2) is 41.3 Å². The number of rotatable bonds is 5. The van der Waals surface area contributed by atoms with Crippen LogP contribution in [-0.2, 0) is 14.8 Å². The number of aliphatic hydroxyl groups excluding tert-OH is 4. The molecule has 0 saturated carbocycles. The molecule has 3 rings (SSSR count). The number of nitrogens with one attached hydrogen (secondary N) is 1. The molecule has 0 radical (unpaired) electrons. The van der Waals surface area contributed by atoms with Gasteiger partial charge in [0.15, 0.2) is 6.29 Å². The van der Waals surface area contributed by atoms with Crippen LogP contribution in [0.3, 0.4) is 0 Å². The summed E-state index contributed by atoms with van der Waals surface area (Å²) in [6.07, 6.45) is -6.18. The first-order chi connectivity index (χ1) is 13.2. The van der Waals surface area contributed by atoms with Gasteiger partial charge in [0.25, 0.3) is 0 Å². The van der Waals surface area contributed by atoms with Crippen molar-refractivity contribution in [2.75, 3.05) is 25.6 Å². The van der Waals surface area contributed by atoms with E-state index in [0.29, 0.717) is 5.39 Å². The Morgan fingerprint density at radius 1 is 1.04 bits per heavy atom. The van der Waals surface area contributed by atoms with Crippen molar-refractivity contribution in [1.82, 2.24) is 4.72 Å². The summed E-state index contributed by atoms with van der Waals surface area (Å²) in [5.74, 6) is 0. The summed E-state index contributed by atoms with van der Waals surface area (Å²) >= 11 is 0. The second-order valence-corrected chi connectivity index (χ2v) is 8.58. The molecule has 1 fully saturated rings. The minimum Gasteiger partial charge on any atom is -0.394 e. The second kappa shape index (κ2) is 7.91. The number of hydrogen-bond donors (Lipinski definition) is 5. The molecule has 1 aliphatic rings. The van der Waals surface area contributed by atoms with Crippen molar-refractivity contribution in [2.24, 2.45) is 0 Å². The molecule has 10 heteroatoms. The summed E-state index contributed by atoms with van der Waals surface area (Å²) in [5, 5.41) is 40.6. The molecule has 154 valence electrons. The highest BCUT2D eigenvalue weighted by atomic mass is 32.2. The summed E-state index contributed by atoms with van der Waals surface area (Å²) in [7, 11) is -0.492. The smallest absolute Gasteiger partial charge is 0.241 e. The molecule has 1 saturated heterocycles. The molecule has 0 bridgehead atoms. The average Bonchev–Trinajstić information content (AvgIpc) is 2.66. The monoisotopic (exact) mass is 412 g/mol. The van der Waals surface area contributed by atoms with Gasteiger partial charge in [-0.15, -0.1) is 0 Å². The predicted octanol–water partition coefficient (Wildman–Crippen LogP) is -1.02. The molecule has 5 atom stereocenters. The topological polar surface area (TPSA) is 140 Å². The quantitative estimate of drug-likeness (QED) is 0.421. The van der Waals surface area contributed by atoms with Crippen LogP contribution in [0.25, 0.3) is 10.8 Å². The summed E-state index contributed by atoms with van der Waals surface area (Å²) in [6, 6.07) is 8.57. The molecule has 1 aliphatic heterocycles. The van der Waals surface area contributed by atoms with E-state index in [4.69, 9.17) is 9.84 Å². The SMILES string of the molecule is CN(C)c1cccc2c(S(=O)(=O)N[C@H]3C(O)O[C@H](CO)[C@@H](O)[C@@H]3O)cccc12. The maximum absolute atomic E-state index is 13.0. The first-order valence-corrected chi connectivity index (χ1v) is 10.2. The molecule has 9 nitrogen and oxygen atoms in total. The van der Waals surface area contributed by atoms with Crippen LogP contribution in [0.1, 0.15) is 0 Å². The van der Waals surface area contributed by atoms with Gasteiger partial charge in [-0.05, 0) is 12.1 Å².